The van der Waals surface area contributed by atoms with Crippen molar-refractivity contribution in [2.75, 3.05) is 0 Å². The minimum absolute atomic E-state index is 0. The van der Waals surface area contributed by atoms with E-state index in [-0.39, 0.29) is 102 Å². The van der Waals surface area contributed by atoms with Crippen molar-refractivity contribution in [1.29, 1.82) is 0 Å². The van der Waals surface area contributed by atoms with Gasteiger partial charge in [-0.05, 0) is 142 Å². The van der Waals surface area contributed by atoms with Gasteiger partial charge in [-0.1, -0.05) is 178 Å². The Kier molecular flexibility index (Phi) is 31.8. The van der Waals surface area contributed by atoms with E-state index >= 15 is 0 Å². The number of alkyl halides is 6. The van der Waals surface area contributed by atoms with Gasteiger partial charge in [0.05, 0.1) is 5.56 Å². The molecule has 4 atom stereocenters. The number of hydrogen-bond donors (Lipinski definition) is 0. The van der Waals surface area contributed by atoms with Crippen LogP contribution in [0.3, 0.4) is 0 Å². The molecule has 0 aliphatic carbocycles. The molecule has 0 spiro atoms. The maximum atomic E-state index is 13.4. The summed E-state index contributed by atoms with van der Waals surface area (Å²) < 4.78 is 103. The maximum absolute atomic E-state index is 13.4. The van der Waals surface area contributed by atoms with Gasteiger partial charge in [-0.2, -0.15) is 123 Å². The van der Waals surface area contributed by atoms with Gasteiger partial charge >= 0.3 is 96.6 Å². The fourth-order valence-corrected chi connectivity index (χ4v) is 36.0. The zero-order valence-corrected chi connectivity index (χ0v) is 95.5. The Hall–Kier alpha value is -13.8. The fourth-order valence-electron chi connectivity index (χ4n) is 20.1. The monoisotopic (exact) mass is 2760 g/mol. The molecule has 0 saturated carbocycles. The van der Waals surface area contributed by atoms with Crippen molar-refractivity contribution < 1.29 is 130 Å². The Morgan fingerprint density at radius 2 is 0.567 bits per heavy atom. The molecular formula is C124H90F6N8O4Pt4Si4. The van der Waals surface area contributed by atoms with Crippen molar-refractivity contribution >= 4 is 95.1 Å². The SMILES string of the molecule is Cc1ccc(Oc2[c-]c(-c3[c-]c4c(cc3)-c3ccccc3[Si]4(C)c3cc(C)ccn3)ccc2)nc1.Cc1ccnc([Si]2(C)c3[c-]c(-c4[c-]c(Oc5cc(C(F)(F)F)ccn5)ccc4)ccc3-c3ccccc32)c1.Cc1ccnc([Si]2(C)c3[c-]c(-c4[c-]c(Oc5cccc(C)n5)ccc4)ccc3-c3ccccc32)c1.Cc1ccnc([Si]2(C)c3[c-]c(-c4[c-]c(Oc5ncccc5C(F)(F)F)ccc4)ccc3-c3ccccc32)c1.[Pt+2].[Pt+2].[Pt+2].[Pt+2]. The fraction of sp³-hybridized carbons (Fsp3) is 0.0968. The number of hydrogen-bond acceptors (Lipinski definition) is 12. The molecule has 0 bridgehead atoms. The zero-order valence-electron chi connectivity index (χ0n) is 82.4. The Morgan fingerprint density at radius 1 is 0.240 bits per heavy atom. The van der Waals surface area contributed by atoms with Gasteiger partial charge in [0, 0.05) is 112 Å². The van der Waals surface area contributed by atoms with Crippen LogP contribution in [-0.2, 0) is 96.6 Å². The second-order valence-corrected chi connectivity index (χ2v) is 52.6. The van der Waals surface area contributed by atoms with Crippen molar-refractivity contribution in [1.82, 2.24) is 39.9 Å². The summed E-state index contributed by atoms with van der Waals surface area (Å²) in [5.41, 5.74) is 21.7. The third kappa shape index (κ3) is 21.2. The van der Waals surface area contributed by atoms with Crippen LogP contribution >= 0.6 is 0 Å². The van der Waals surface area contributed by atoms with E-state index in [1.54, 1.807) is 30.5 Å². The molecule has 0 saturated heterocycles. The quantitative estimate of drug-likeness (QED) is 0.0517. The van der Waals surface area contributed by atoms with E-state index in [9.17, 15) is 26.3 Å². The van der Waals surface area contributed by atoms with Crippen LogP contribution in [-0.4, -0.2) is 72.2 Å². The summed E-state index contributed by atoms with van der Waals surface area (Å²) in [6.07, 6.45) is 2.68. The molecular weight excluding hydrogens is 2670 g/mol. The van der Waals surface area contributed by atoms with Crippen molar-refractivity contribution in [2.45, 2.75) is 80.1 Å². The number of rotatable bonds is 16. The molecule has 20 aromatic rings. The van der Waals surface area contributed by atoms with Crippen LogP contribution in [0, 0.1) is 90.1 Å². The largest absolute Gasteiger partial charge is 2.00 e. The Morgan fingerprint density at radius 3 is 0.900 bits per heavy atom. The summed E-state index contributed by atoms with van der Waals surface area (Å²) in [5.74, 6) is 2.16. The first-order valence-corrected chi connectivity index (χ1v) is 57.7. The summed E-state index contributed by atoms with van der Waals surface area (Å²) in [4.78, 5) is 35.9. The van der Waals surface area contributed by atoms with E-state index < -0.39 is 61.7 Å². The number of aryl methyl sites for hydroxylation is 6. The summed E-state index contributed by atoms with van der Waals surface area (Å²) >= 11 is 0. The number of fused-ring (bicyclic) bond motifs is 12. The second kappa shape index (κ2) is 44.4. The van der Waals surface area contributed by atoms with Crippen molar-refractivity contribution in [3.05, 3.63) is 458 Å². The van der Waals surface area contributed by atoms with E-state index in [2.05, 4.69) is 298 Å². The Balaban J connectivity index is 0.000000135. The number of benzene rings is 12. The number of pyridine rings is 8. The average molecular weight is 2760 g/mol. The predicted molar refractivity (Wildman–Crippen MR) is 575 cm³/mol. The van der Waals surface area contributed by atoms with Gasteiger partial charge in [0.2, 0.25) is 23.5 Å². The maximum Gasteiger partial charge on any atom is 2.00 e. The number of nitrogens with zero attached hydrogens (tertiary/aromatic N) is 8. The molecule has 748 valence electrons. The van der Waals surface area contributed by atoms with Crippen LogP contribution in [0.2, 0.25) is 26.2 Å². The topological polar surface area (TPSA) is 140 Å². The van der Waals surface area contributed by atoms with Crippen LogP contribution in [0.15, 0.2) is 365 Å². The van der Waals surface area contributed by atoms with Crippen LogP contribution in [0.1, 0.15) is 44.6 Å². The van der Waals surface area contributed by atoms with Crippen LogP contribution in [0.25, 0.3) is 89.0 Å². The zero-order chi connectivity index (χ0) is 101. The van der Waals surface area contributed by atoms with Crippen LogP contribution in [0.5, 0.6) is 46.5 Å². The molecule has 0 amide bonds. The Labute approximate surface area is 929 Å². The number of aromatic nitrogens is 8. The molecule has 4 aliphatic rings. The third-order valence-corrected chi connectivity index (χ3v) is 44.3. The normalized spacial score (nSPS) is 15.6. The van der Waals surface area contributed by atoms with E-state index in [4.69, 9.17) is 38.9 Å². The van der Waals surface area contributed by atoms with E-state index in [0.29, 0.717) is 28.8 Å². The van der Waals surface area contributed by atoms with Gasteiger partial charge in [-0.3, -0.25) is 19.9 Å². The predicted octanol–water partition coefficient (Wildman–Crippen LogP) is 22.3. The molecule has 150 heavy (non-hydrogen) atoms. The molecule has 26 heteroatoms. The minimum atomic E-state index is -4.58. The molecule has 0 radical (unpaired) electrons. The smallest absolute Gasteiger partial charge is 0.460 e. The van der Waals surface area contributed by atoms with Crippen LogP contribution < -0.4 is 81.7 Å². The van der Waals surface area contributed by atoms with E-state index in [1.165, 1.54) is 98.5 Å². The molecule has 0 fully saturated rings. The molecule has 0 N–H and O–H groups in total. The summed E-state index contributed by atoms with van der Waals surface area (Å²) in [6, 6.07) is 132. The molecule has 8 aromatic heterocycles. The average Bonchev–Trinajstić information content (AvgIpc) is 1.57. The van der Waals surface area contributed by atoms with Gasteiger partial charge in [-0.15, -0.1) is 116 Å². The van der Waals surface area contributed by atoms with E-state index in [1.807, 2.05) is 136 Å². The summed E-state index contributed by atoms with van der Waals surface area (Å²) in [6.45, 7) is 21.8. The van der Waals surface area contributed by atoms with Crippen LogP contribution in [0.4, 0.5) is 26.3 Å². The number of halogens is 6. The van der Waals surface area contributed by atoms with Gasteiger partial charge in [0.1, 0.15) is 37.9 Å². The second-order valence-electron chi connectivity index (χ2n) is 37.3. The first-order chi connectivity index (χ1) is 70.5. The molecule has 4 unspecified atom stereocenters. The minimum Gasteiger partial charge on any atom is -0.460 e. The molecule has 12 nitrogen and oxygen atoms in total. The molecule has 4 aliphatic heterocycles. The first-order valence-electron chi connectivity index (χ1n) is 47.7. The van der Waals surface area contributed by atoms with Crippen molar-refractivity contribution in [3.8, 4) is 136 Å². The van der Waals surface area contributed by atoms with Gasteiger partial charge in [0.25, 0.3) is 0 Å². The molecule has 12 aromatic carbocycles. The van der Waals surface area contributed by atoms with Crippen molar-refractivity contribution in [3.63, 3.8) is 0 Å². The standard InChI is InChI=1S/2C31H21F3N2OSi.2C31H24N2OSi.4Pt/c1-20-14-16-35-29(17-20)38(2)27-11-4-3-9-24(27)25-13-12-22(19-28(25)38)21-7-5-8-23(18-21)37-30-26(31(32,33)34)10-6-15-36-30;1-20-12-14-36-30(16-20)38(2)27-9-4-3-8-25(27)26-11-10-22(18-28(26)38)21-6-5-7-24(17-21)37-29-19-23(13-15-35-29)31(32,33)34;1-21-16-17-32-31(18-21)35(3)28-12-5-4-11-26(28)27-15-14-24(20-29(27)35)23-9-7-10-25(19-23)34-30-13-6-8-22(2)33-30;1-21-15-16-32-31(17-21)35(3)28-10-5-4-9-26(28)27-13-12-24(19-29(27)35)23-7-6-8-25(18-23)34-30-14-11-22(2)20-33-30;;;;/h3-17H,1-2H3;3-16,19H,1-2H3;4-18H,1-3H3;4-17,20H,1-3H3;;;;/q4*-2;4*+2. The van der Waals surface area contributed by atoms with E-state index in [0.717, 1.165) is 118 Å². The molecule has 24 rings (SSSR count). The van der Waals surface area contributed by atoms with Gasteiger partial charge < -0.3 is 18.9 Å². The first kappa shape index (κ1) is 108. The van der Waals surface area contributed by atoms with Gasteiger partial charge in [-0.25, -0.2) is 64.4 Å². The Bertz CT molecular complexity index is 8490. The van der Waals surface area contributed by atoms with Crippen molar-refractivity contribution in [2.24, 2.45) is 0 Å². The third-order valence-electron chi connectivity index (χ3n) is 27.5. The molecule has 12 heterocycles. The number of ether oxygens (including phenoxy) is 4. The van der Waals surface area contributed by atoms with Gasteiger partial charge in [0.15, 0.2) is 0 Å². The summed E-state index contributed by atoms with van der Waals surface area (Å²) in [5, 5.41) is 14.7. The summed E-state index contributed by atoms with van der Waals surface area (Å²) in [7, 11) is -9.48.